The van der Waals surface area contributed by atoms with Crippen molar-refractivity contribution in [3.05, 3.63) is 0 Å². The van der Waals surface area contributed by atoms with Crippen LogP contribution in [0.2, 0.25) is 0 Å². The van der Waals surface area contributed by atoms with Crippen molar-refractivity contribution in [1.82, 2.24) is 0 Å². The molecular weight excluding hydrogens is 216 g/mol. The Hall–Kier alpha value is -0.240. The maximum absolute atomic E-state index is 9.57. The Morgan fingerprint density at radius 1 is 1.00 bits per heavy atom. The fourth-order valence-corrected chi connectivity index (χ4v) is 1.23. The highest BCUT2D eigenvalue weighted by Crippen LogP contribution is 2.10. The van der Waals surface area contributed by atoms with Gasteiger partial charge in [-0.3, -0.25) is 0 Å². The summed E-state index contributed by atoms with van der Waals surface area (Å²) in [5.41, 5.74) is 0. The van der Waals surface area contributed by atoms with E-state index in [9.17, 15) is 15.3 Å². The SMILES string of the molecule is CCCCOC(C(O)CO)C(O)C(O)CO. The first kappa shape index (κ1) is 15.8. The van der Waals surface area contributed by atoms with E-state index in [4.69, 9.17) is 14.9 Å². The van der Waals surface area contributed by atoms with Gasteiger partial charge < -0.3 is 30.3 Å². The average Bonchev–Trinajstić information content (AvgIpc) is 2.32. The molecule has 6 nitrogen and oxygen atoms in total. The van der Waals surface area contributed by atoms with Gasteiger partial charge in [0.15, 0.2) is 0 Å². The molecule has 0 aliphatic carbocycles. The van der Waals surface area contributed by atoms with Crippen LogP contribution >= 0.6 is 0 Å². The first-order chi connectivity index (χ1) is 7.58. The third-order valence-corrected chi connectivity index (χ3v) is 2.29. The van der Waals surface area contributed by atoms with E-state index in [1.165, 1.54) is 0 Å². The second kappa shape index (κ2) is 8.86. The van der Waals surface area contributed by atoms with E-state index in [0.717, 1.165) is 12.8 Å². The predicted octanol–water partition coefficient (Wildman–Crippen LogP) is -1.76. The minimum absolute atomic E-state index is 0.313. The molecule has 5 N–H and O–H groups in total. The van der Waals surface area contributed by atoms with E-state index in [2.05, 4.69) is 0 Å². The summed E-state index contributed by atoms with van der Waals surface area (Å²) in [5, 5.41) is 45.7. The van der Waals surface area contributed by atoms with Crippen LogP contribution < -0.4 is 0 Å². The summed E-state index contributed by atoms with van der Waals surface area (Å²) in [6, 6.07) is 0. The highest BCUT2D eigenvalue weighted by atomic mass is 16.5. The van der Waals surface area contributed by atoms with Crippen molar-refractivity contribution in [1.29, 1.82) is 0 Å². The monoisotopic (exact) mass is 238 g/mol. The molecule has 0 amide bonds. The number of ether oxygens (including phenoxy) is 1. The van der Waals surface area contributed by atoms with Gasteiger partial charge in [-0.25, -0.2) is 0 Å². The fraction of sp³-hybridized carbons (Fsp3) is 1.00. The van der Waals surface area contributed by atoms with Gasteiger partial charge in [-0.05, 0) is 6.42 Å². The molecule has 16 heavy (non-hydrogen) atoms. The van der Waals surface area contributed by atoms with Gasteiger partial charge >= 0.3 is 0 Å². The molecule has 0 saturated carbocycles. The zero-order chi connectivity index (χ0) is 12.6. The molecule has 0 radical (unpaired) electrons. The molecule has 4 unspecified atom stereocenters. The summed E-state index contributed by atoms with van der Waals surface area (Å²) < 4.78 is 5.19. The largest absolute Gasteiger partial charge is 0.394 e. The van der Waals surface area contributed by atoms with Crippen molar-refractivity contribution in [3.63, 3.8) is 0 Å². The second-order valence-electron chi connectivity index (χ2n) is 3.68. The highest BCUT2D eigenvalue weighted by molar-refractivity contribution is 4.81. The lowest BCUT2D eigenvalue weighted by Crippen LogP contribution is -2.48. The first-order valence-corrected chi connectivity index (χ1v) is 5.46. The Labute approximate surface area is 95.1 Å². The van der Waals surface area contributed by atoms with Gasteiger partial charge in [-0.2, -0.15) is 0 Å². The van der Waals surface area contributed by atoms with E-state index < -0.39 is 37.6 Å². The number of unbranched alkanes of at least 4 members (excludes halogenated alkanes) is 1. The lowest BCUT2D eigenvalue weighted by Gasteiger charge is -2.29. The molecule has 0 aromatic rings. The van der Waals surface area contributed by atoms with Gasteiger partial charge in [-0.1, -0.05) is 13.3 Å². The van der Waals surface area contributed by atoms with E-state index in [0.29, 0.717) is 6.61 Å². The van der Waals surface area contributed by atoms with Gasteiger partial charge in [0.1, 0.15) is 24.4 Å². The topological polar surface area (TPSA) is 110 Å². The summed E-state index contributed by atoms with van der Waals surface area (Å²) in [6.07, 6.45) is -3.57. The summed E-state index contributed by atoms with van der Waals surface area (Å²) in [4.78, 5) is 0. The smallest absolute Gasteiger partial charge is 0.114 e. The molecule has 0 aliphatic heterocycles. The minimum Gasteiger partial charge on any atom is -0.394 e. The normalized spacial score (nSPS) is 19.1. The van der Waals surface area contributed by atoms with Gasteiger partial charge in [0, 0.05) is 6.61 Å². The van der Waals surface area contributed by atoms with Crippen LogP contribution in [0.3, 0.4) is 0 Å². The van der Waals surface area contributed by atoms with Crippen LogP contribution in [-0.4, -0.2) is 69.8 Å². The van der Waals surface area contributed by atoms with E-state index in [1.54, 1.807) is 0 Å². The van der Waals surface area contributed by atoms with Crippen LogP contribution in [0, 0.1) is 0 Å². The predicted molar refractivity (Wildman–Crippen MR) is 56.8 cm³/mol. The zero-order valence-electron chi connectivity index (χ0n) is 9.49. The Morgan fingerprint density at radius 3 is 2.00 bits per heavy atom. The van der Waals surface area contributed by atoms with Crippen LogP contribution in [0.1, 0.15) is 19.8 Å². The number of rotatable bonds is 9. The molecule has 6 heteroatoms. The van der Waals surface area contributed by atoms with Gasteiger partial charge in [-0.15, -0.1) is 0 Å². The number of hydrogen-bond donors (Lipinski definition) is 5. The summed E-state index contributed by atoms with van der Waals surface area (Å²) in [5.74, 6) is 0. The van der Waals surface area contributed by atoms with Crippen LogP contribution in [0.15, 0.2) is 0 Å². The van der Waals surface area contributed by atoms with Crippen LogP contribution in [0.5, 0.6) is 0 Å². The van der Waals surface area contributed by atoms with E-state index >= 15 is 0 Å². The molecule has 0 aromatic heterocycles. The number of aliphatic hydroxyl groups excluding tert-OH is 5. The quantitative estimate of drug-likeness (QED) is 0.304. The molecule has 4 atom stereocenters. The van der Waals surface area contributed by atoms with Crippen molar-refractivity contribution < 1.29 is 30.3 Å². The third kappa shape index (κ3) is 5.20. The number of aliphatic hydroxyl groups is 5. The molecular formula is C10H22O6. The Morgan fingerprint density at radius 2 is 1.56 bits per heavy atom. The minimum atomic E-state index is -1.43. The Balaban J connectivity index is 4.28. The van der Waals surface area contributed by atoms with Gasteiger partial charge in [0.05, 0.1) is 13.2 Å². The van der Waals surface area contributed by atoms with Crippen molar-refractivity contribution in [3.8, 4) is 0 Å². The average molecular weight is 238 g/mol. The molecule has 0 saturated heterocycles. The summed E-state index contributed by atoms with van der Waals surface area (Å²) in [7, 11) is 0. The van der Waals surface area contributed by atoms with E-state index in [1.807, 2.05) is 6.92 Å². The van der Waals surface area contributed by atoms with Crippen molar-refractivity contribution in [2.75, 3.05) is 19.8 Å². The molecule has 0 bridgehead atoms. The summed E-state index contributed by atoms with van der Waals surface area (Å²) >= 11 is 0. The third-order valence-electron chi connectivity index (χ3n) is 2.29. The molecule has 0 spiro atoms. The van der Waals surface area contributed by atoms with Crippen LogP contribution in [0.25, 0.3) is 0 Å². The fourth-order valence-electron chi connectivity index (χ4n) is 1.23. The maximum Gasteiger partial charge on any atom is 0.114 e. The molecule has 0 fully saturated rings. The Kier molecular flexibility index (Phi) is 8.73. The zero-order valence-corrected chi connectivity index (χ0v) is 9.49. The lowest BCUT2D eigenvalue weighted by atomic mass is 10.0. The summed E-state index contributed by atoms with van der Waals surface area (Å²) in [6.45, 7) is 1.06. The number of hydrogen-bond acceptors (Lipinski definition) is 6. The van der Waals surface area contributed by atoms with Gasteiger partial charge in [0.25, 0.3) is 0 Å². The van der Waals surface area contributed by atoms with E-state index in [-0.39, 0.29) is 0 Å². The maximum atomic E-state index is 9.57. The van der Waals surface area contributed by atoms with Crippen LogP contribution in [0.4, 0.5) is 0 Å². The van der Waals surface area contributed by atoms with Crippen molar-refractivity contribution >= 4 is 0 Å². The van der Waals surface area contributed by atoms with Crippen LogP contribution in [-0.2, 0) is 4.74 Å². The van der Waals surface area contributed by atoms with Crippen molar-refractivity contribution in [2.24, 2.45) is 0 Å². The first-order valence-electron chi connectivity index (χ1n) is 5.46. The molecule has 0 rings (SSSR count). The highest BCUT2D eigenvalue weighted by Gasteiger charge is 2.32. The van der Waals surface area contributed by atoms with Gasteiger partial charge in [0.2, 0.25) is 0 Å². The Bertz CT molecular complexity index is 165. The molecule has 0 aromatic carbocycles. The molecule has 98 valence electrons. The standard InChI is InChI=1S/C10H22O6/c1-2-3-4-16-10(8(14)6-12)9(15)7(13)5-11/h7-15H,2-6H2,1H3. The van der Waals surface area contributed by atoms with Crippen molar-refractivity contribution in [2.45, 2.75) is 44.2 Å². The lowest BCUT2D eigenvalue weighted by molar-refractivity contribution is -0.149. The molecule has 0 aliphatic rings. The molecule has 0 heterocycles. The second-order valence-corrected chi connectivity index (χ2v) is 3.68.